The first-order chi connectivity index (χ1) is 16.9. The van der Waals surface area contributed by atoms with Crippen molar-refractivity contribution >= 4 is 29.2 Å². The van der Waals surface area contributed by atoms with Crippen LogP contribution in [-0.2, 0) is 5.41 Å². The molecule has 9 heteroatoms. The standard InChI is InChI=1S/C27H32Cl2FN3O3/c1-26(2,3)13-18-14-33(25(36)32-10-9-21(35)15-34)24(17-5-4-6-19(28)11-17)27(18,16-31)22-8-7-20(29)12-23(22)30/h4-8,11-12,18,21,24,34-35H,9-10,13-15H2,1-3H3,(H,32,36)/t18-,21+,24+,27-/m1/s1. The van der Waals surface area contributed by atoms with Crippen LogP contribution < -0.4 is 5.32 Å². The lowest BCUT2D eigenvalue weighted by Crippen LogP contribution is -2.44. The fraction of sp³-hybridized carbons (Fsp3) is 0.481. The van der Waals surface area contributed by atoms with Crippen molar-refractivity contribution in [2.75, 3.05) is 19.7 Å². The summed E-state index contributed by atoms with van der Waals surface area (Å²) in [6, 6.07) is 12.4. The second-order valence-electron chi connectivity index (χ2n) is 10.5. The molecule has 0 radical (unpaired) electrons. The Hall–Kier alpha value is -2.37. The predicted octanol–water partition coefficient (Wildman–Crippen LogP) is 5.46. The minimum atomic E-state index is -1.42. The molecule has 1 fully saturated rings. The Morgan fingerprint density at radius 2 is 1.97 bits per heavy atom. The lowest BCUT2D eigenvalue weighted by molar-refractivity contribution is 0.0881. The van der Waals surface area contributed by atoms with Crippen LogP contribution in [0, 0.1) is 28.5 Å². The molecule has 0 bridgehead atoms. The summed E-state index contributed by atoms with van der Waals surface area (Å²) in [6.45, 7) is 6.05. The number of carbonyl (C=O) groups excluding carboxylic acids is 1. The summed E-state index contributed by atoms with van der Waals surface area (Å²) < 4.78 is 15.5. The summed E-state index contributed by atoms with van der Waals surface area (Å²) in [7, 11) is 0. The molecule has 3 rings (SSSR count). The number of aliphatic hydroxyl groups is 2. The van der Waals surface area contributed by atoms with Gasteiger partial charge < -0.3 is 20.4 Å². The third kappa shape index (κ3) is 5.95. The molecule has 4 atom stereocenters. The number of hydrogen-bond acceptors (Lipinski definition) is 4. The van der Waals surface area contributed by atoms with Crippen molar-refractivity contribution in [3.8, 4) is 6.07 Å². The number of carbonyl (C=O) groups is 1. The van der Waals surface area contributed by atoms with Gasteiger partial charge in [0.05, 0.1) is 24.8 Å². The number of benzene rings is 2. The highest BCUT2D eigenvalue weighted by Gasteiger charge is 2.59. The topological polar surface area (TPSA) is 96.6 Å². The lowest BCUT2D eigenvalue weighted by Gasteiger charge is -2.38. The van der Waals surface area contributed by atoms with Crippen LogP contribution in [0.25, 0.3) is 0 Å². The second kappa shape index (κ2) is 11.4. The summed E-state index contributed by atoms with van der Waals surface area (Å²) in [6.07, 6.45) is -0.242. The normalized spacial score (nSPS) is 22.8. The van der Waals surface area contributed by atoms with Gasteiger partial charge in [0.2, 0.25) is 0 Å². The fourth-order valence-corrected chi connectivity index (χ4v) is 5.54. The molecule has 0 aromatic heterocycles. The number of aliphatic hydroxyl groups excluding tert-OH is 2. The lowest BCUT2D eigenvalue weighted by atomic mass is 9.63. The van der Waals surface area contributed by atoms with Crippen molar-refractivity contribution in [2.24, 2.45) is 11.3 Å². The summed E-state index contributed by atoms with van der Waals surface area (Å²) in [4.78, 5) is 15.0. The monoisotopic (exact) mass is 535 g/mol. The number of urea groups is 1. The third-order valence-electron chi connectivity index (χ3n) is 6.61. The van der Waals surface area contributed by atoms with E-state index < -0.39 is 41.9 Å². The van der Waals surface area contributed by atoms with E-state index in [0.29, 0.717) is 17.0 Å². The van der Waals surface area contributed by atoms with Crippen LogP contribution in [0.3, 0.4) is 0 Å². The van der Waals surface area contributed by atoms with Crippen molar-refractivity contribution < 1.29 is 19.4 Å². The van der Waals surface area contributed by atoms with Gasteiger partial charge in [-0.15, -0.1) is 0 Å². The van der Waals surface area contributed by atoms with E-state index in [-0.39, 0.29) is 35.5 Å². The molecule has 2 amide bonds. The largest absolute Gasteiger partial charge is 0.394 e. The maximum Gasteiger partial charge on any atom is 0.317 e. The third-order valence-corrected chi connectivity index (χ3v) is 7.08. The zero-order valence-corrected chi connectivity index (χ0v) is 22.2. The van der Waals surface area contributed by atoms with Crippen LogP contribution in [0.1, 0.15) is 50.8 Å². The van der Waals surface area contributed by atoms with E-state index in [0.717, 1.165) is 0 Å². The van der Waals surface area contributed by atoms with E-state index in [1.807, 2.05) is 20.8 Å². The van der Waals surface area contributed by atoms with E-state index in [9.17, 15) is 15.2 Å². The molecule has 0 aliphatic carbocycles. The zero-order valence-electron chi connectivity index (χ0n) is 20.6. The molecule has 1 heterocycles. The SMILES string of the molecule is CC(C)(C)C[C@@H]1CN(C(=O)NCC[C@H](O)CO)[C@@H](c2cccc(Cl)c2)[C@@]1(C#N)c1ccc(Cl)cc1F. The van der Waals surface area contributed by atoms with Crippen LogP contribution >= 0.6 is 23.2 Å². The van der Waals surface area contributed by atoms with E-state index in [2.05, 4.69) is 11.4 Å². The van der Waals surface area contributed by atoms with Crippen LogP contribution in [-0.4, -0.2) is 46.9 Å². The van der Waals surface area contributed by atoms with Gasteiger partial charge in [0.1, 0.15) is 11.2 Å². The highest BCUT2D eigenvalue weighted by molar-refractivity contribution is 6.30. The van der Waals surface area contributed by atoms with Crippen molar-refractivity contribution in [1.82, 2.24) is 10.2 Å². The Balaban J connectivity index is 2.19. The van der Waals surface area contributed by atoms with Gasteiger partial charge in [-0.25, -0.2) is 9.18 Å². The van der Waals surface area contributed by atoms with Crippen LogP contribution in [0.15, 0.2) is 42.5 Å². The first-order valence-corrected chi connectivity index (χ1v) is 12.6. The van der Waals surface area contributed by atoms with Crippen molar-refractivity contribution in [1.29, 1.82) is 5.26 Å². The molecule has 1 aliphatic heterocycles. The van der Waals surface area contributed by atoms with Gasteiger partial charge in [0.15, 0.2) is 0 Å². The fourth-order valence-electron chi connectivity index (χ4n) is 5.18. The predicted molar refractivity (Wildman–Crippen MR) is 138 cm³/mol. The number of likely N-dealkylation sites (tertiary alicyclic amines) is 1. The van der Waals surface area contributed by atoms with Gasteiger partial charge in [0.25, 0.3) is 0 Å². The van der Waals surface area contributed by atoms with Crippen molar-refractivity contribution in [2.45, 2.75) is 51.2 Å². The minimum Gasteiger partial charge on any atom is -0.394 e. The molecule has 194 valence electrons. The highest BCUT2D eigenvalue weighted by atomic mass is 35.5. The van der Waals surface area contributed by atoms with Gasteiger partial charge in [0, 0.05) is 34.6 Å². The molecular formula is C27H32Cl2FN3O3. The summed E-state index contributed by atoms with van der Waals surface area (Å²) in [5.41, 5.74) is -0.846. The molecule has 1 aliphatic rings. The van der Waals surface area contributed by atoms with E-state index >= 15 is 4.39 Å². The van der Waals surface area contributed by atoms with Gasteiger partial charge >= 0.3 is 6.03 Å². The maximum absolute atomic E-state index is 15.5. The van der Waals surface area contributed by atoms with Gasteiger partial charge in [-0.3, -0.25) is 0 Å². The number of halogens is 3. The zero-order chi connectivity index (χ0) is 26.7. The first kappa shape index (κ1) is 28.2. The molecule has 0 saturated carbocycles. The van der Waals surface area contributed by atoms with Crippen LogP contribution in [0.4, 0.5) is 9.18 Å². The number of amides is 2. The Bertz CT molecular complexity index is 1130. The maximum atomic E-state index is 15.5. The number of nitrogens with one attached hydrogen (secondary N) is 1. The van der Waals surface area contributed by atoms with Crippen LogP contribution in [0.2, 0.25) is 10.0 Å². The van der Waals surface area contributed by atoms with Crippen molar-refractivity contribution in [3.05, 3.63) is 69.5 Å². The molecule has 6 nitrogen and oxygen atoms in total. The Morgan fingerprint density at radius 1 is 1.28 bits per heavy atom. The molecule has 36 heavy (non-hydrogen) atoms. The number of hydrogen-bond donors (Lipinski definition) is 3. The quantitative estimate of drug-likeness (QED) is 0.438. The molecule has 0 spiro atoms. The second-order valence-corrected chi connectivity index (χ2v) is 11.4. The molecule has 3 N–H and O–H groups in total. The summed E-state index contributed by atoms with van der Waals surface area (Å²) in [5.74, 6) is -1.01. The molecule has 2 aromatic rings. The van der Waals surface area contributed by atoms with E-state index in [1.54, 1.807) is 35.2 Å². The van der Waals surface area contributed by atoms with Gasteiger partial charge in [-0.1, -0.05) is 62.2 Å². The number of nitrogens with zero attached hydrogens (tertiary/aromatic N) is 2. The van der Waals surface area contributed by atoms with Crippen molar-refractivity contribution in [3.63, 3.8) is 0 Å². The van der Waals surface area contributed by atoms with Crippen LogP contribution in [0.5, 0.6) is 0 Å². The summed E-state index contributed by atoms with van der Waals surface area (Å²) in [5, 5.41) is 33.0. The molecule has 0 unspecified atom stereocenters. The molecular weight excluding hydrogens is 504 g/mol. The number of nitriles is 1. The smallest absolute Gasteiger partial charge is 0.317 e. The average molecular weight is 536 g/mol. The van der Waals surface area contributed by atoms with E-state index in [4.69, 9.17) is 28.3 Å². The first-order valence-electron chi connectivity index (χ1n) is 11.9. The molecule has 1 saturated heterocycles. The average Bonchev–Trinajstić information content (AvgIpc) is 3.12. The van der Waals surface area contributed by atoms with E-state index in [1.165, 1.54) is 12.1 Å². The number of rotatable bonds is 7. The summed E-state index contributed by atoms with van der Waals surface area (Å²) >= 11 is 12.4. The Labute approximate surface area is 221 Å². The minimum absolute atomic E-state index is 0.123. The molecule has 2 aromatic carbocycles. The highest BCUT2D eigenvalue weighted by Crippen LogP contribution is 2.55. The van der Waals surface area contributed by atoms with Gasteiger partial charge in [-0.2, -0.15) is 5.26 Å². The Morgan fingerprint density at radius 3 is 2.56 bits per heavy atom. The van der Waals surface area contributed by atoms with Gasteiger partial charge in [-0.05, 0) is 48.1 Å². The Kier molecular flexibility index (Phi) is 8.89.